The van der Waals surface area contributed by atoms with Crippen molar-refractivity contribution in [3.63, 3.8) is 0 Å². The predicted molar refractivity (Wildman–Crippen MR) is 87.8 cm³/mol. The molecule has 1 aromatic rings. The summed E-state index contributed by atoms with van der Waals surface area (Å²) in [5, 5.41) is 3.39. The molecule has 3 nitrogen and oxygen atoms in total. The van der Waals surface area contributed by atoms with Crippen molar-refractivity contribution in [3.8, 4) is 0 Å². The minimum absolute atomic E-state index is 0.166. The van der Waals surface area contributed by atoms with Gasteiger partial charge in [0.25, 0.3) is 5.91 Å². The average Bonchev–Trinajstić information content (AvgIpc) is 2.44. The van der Waals surface area contributed by atoms with Crippen molar-refractivity contribution in [1.29, 1.82) is 0 Å². The number of rotatable bonds is 4. The number of piperidine rings is 1. The molecule has 0 aromatic heterocycles. The highest BCUT2D eigenvalue weighted by Gasteiger charge is 2.19. The van der Waals surface area contributed by atoms with Crippen LogP contribution in [0, 0.1) is 26.7 Å². The van der Waals surface area contributed by atoms with Gasteiger partial charge in [-0.2, -0.15) is 0 Å². The van der Waals surface area contributed by atoms with Gasteiger partial charge in [0.15, 0.2) is 0 Å². The first kappa shape index (κ1) is 16.0. The third-order valence-corrected chi connectivity index (χ3v) is 4.57. The van der Waals surface area contributed by atoms with Crippen LogP contribution in [0.4, 0.5) is 0 Å². The first-order chi connectivity index (χ1) is 9.99. The zero-order chi connectivity index (χ0) is 15.4. The van der Waals surface area contributed by atoms with Crippen LogP contribution in [0.25, 0.3) is 0 Å². The summed E-state index contributed by atoms with van der Waals surface area (Å²) in [5.74, 6) is 0.931. The van der Waals surface area contributed by atoms with E-state index in [1.54, 1.807) is 0 Å². The van der Waals surface area contributed by atoms with Crippen molar-refractivity contribution in [2.75, 3.05) is 26.7 Å². The molecule has 116 valence electrons. The number of aryl methyl sites for hydroxylation is 3. The summed E-state index contributed by atoms with van der Waals surface area (Å²) in [5.41, 5.74) is 4.28. The Morgan fingerprint density at radius 1 is 1.19 bits per heavy atom. The van der Waals surface area contributed by atoms with Crippen LogP contribution < -0.4 is 5.32 Å². The number of hydrogen-bond acceptors (Lipinski definition) is 2. The van der Waals surface area contributed by atoms with Crippen LogP contribution in [0.15, 0.2) is 12.1 Å². The molecular formula is C18H28N2O. The first-order valence-electron chi connectivity index (χ1n) is 8.03. The molecule has 0 unspecified atom stereocenters. The van der Waals surface area contributed by atoms with Crippen molar-refractivity contribution in [1.82, 2.24) is 10.2 Å². The number of benzene rings is 1. The van der Waals surface area contributed by atoms with Crippen LogP contribution in [0.1, 0.15) is 46.3 Å². The van der Waals surface area contributed by atoms with Crippen molar-refractivity contribution in [2.24, 2.45) is 5.92 Å². The normalized spacial score (nSPS) is 16.0. The zero-order valence-corrected chi connectivity index (χ0v) is 13.8. The molecule has 2 rings (SSSR count). The summed E-state index contributed by atoms with van der Waals surface area (Å²) in [6, 6.07) is 4.20. The van der Waals surface area contributed by atoms with Crippen LogP contribution in [0.5, 0.6) is 0 Å². The molecule has 1 saturated heterocycles. The summed E-state index contributed by atoms with van der Waals surface area (Å²) < 4.78 is 0. The Morgan fingerprint density at radius 2 is 1.76 bits per heavy atom. The topological polar surface area (TPSA) is 32.3 Å². The van der Waals surface area contributed by atoms with E-state index in [4.69, 9.17) is 0 Å². The molecule has 1 aromatic carbocycles. The second-order valence-electron chi connectivity index (χ2n) is 6.48. The fourth-order valence-electron chi connectivity index (χ4n) is 3.36. The molecule has 0 spiro atoms. The van der Waals surface area contributed by atoms with E-state index in [2.05, 4.69) is 24.4 Å². The van der Waals surface area contributed by atoms with Crippen molar-refractivity contribution in [2.45, 2.75) is 40.0 Å². The van der Waals surface area contributed by atoms with Crippen LogP contribution in [0.2, 0.25) is 0 Å². The lowest BCUT2D eigenvalue weighted by atomic mass is 9.94. The minimum Gasteiger partial charge on any atom is -0.342 e. The first-order valence-corrected chi connectivity index (χ1v) is 8.03. The van der Waals surface area contributed by atoms with E-state index in [1.165, 1.54) is 18.4 Å². The molecule has 3 heteroatoms. The number of hydrogen-bond donors (Lipinski definition) is 1. The third-order valence-electron chi connectivity index (χ3n) is 4.57. The van der Waals surface area contributed by atoms with E-state index in [0.29, 0.717) is 0 Å². The zero-order valence-electron chi connectivity index (χ0n) is 13.8. The Hall–Kier alpha value is -1.35. The van der Waals surface area contributed by atoms with Gasteiger partial charge in [-0.3, -0.25) is 4.79 Å². The highest BCUT2D eigenvalue weighted by Crippen LogP contribution is 2.20. The van der Waals surface area contributed by atoms with Gasteiger partial charge in [-0.05, 0) is 70.2 Å². The molecule has 1 fully saturated rings. The predicted octanol–water partition coefficient (Wildman–Crippen LogP) is 3.07. The van der Waals surface area contributed by atoms with Gasteiger partial charge in [-0.1, -0.05) is 17.7 Å². The smallest absolute Gasteiger partial charge is 0.254 e. The Bertz CT molecular complexity index is 481. The van der Waals surface area contributed by atoms with Crippen LogP contribution in [-0.4, -0.2) is 37.5 Å². The van der Waals surface area contributed by atoms with Crippen molar-refractivity contribution in [3.05, 3.63) is 34.4 Å². The molecule has 21 heavy (non-hydrogen) atoms. The SMILES string of the molecule is Cc1cc(C)c(C(=O)N(C)CCC2CCNCC2)c(C)c1. The molecule has 0 radical (unpaired) electrons. The lowest BCUT2D eigenvalue weighted by Gasteiger charge is -2.26. The lowest BCUT2D eigenvalue weighted by Crippen LogP contribution is -2.33. The van der Waals surface area contributed by atoms with Crippen LogP contribution in [-0.2, 0) is 0 Å². The molecule has 1 N–H and O–H groups in total. The Balaban J connectivity index is 1.99. The second-order valence-corrected chi connectivity index (χ2v) is 6.48. The molecule has 0 bridgehead atoms. The van der Waals surface area contributed by atoms with E-state index in [1.807, 2.05) is 25.8 Å². The van der Waals surface area contributed by atoms with Gasteiger partial charge in [0.05, 0.1) is 0 Å². The molecule has 0 saturated carbocycles. The maximum atomic E-state index is 12.7. The van der Waals surface area contributed by atoms with E-state index in [9.17, 15) is 4.79 Å². The van der Waals surface area contributed by atoms with Gasteiger partial charge in [-0.25, -0.2) is 0 Å². The number of carbonyl (C=O) groups is 1. The number of carbonyl (C=O) groups excluding carboxylic acids is 1. The highest BCUT2D eigenvalue weighted by atomic mass is 16.2. The summed E-state index contributed by atoms with van der Waals surface area (Å²) >= 11 is 0. The van der Waals surface area contributed by atoms with Crippen molar-refractivity contribution < 1.29 is 4.79 Å². The molecule has 1 aliphatic rings. The third kappa shape index (κ3) is 4.07. The summed E-state index contributed by atoms with van der Waals surface area (Å²) in [6.07, 6.45) is 3.60. The largest absolute Gasteiger partial charge is 0.342 e. The summed E-state index contributed by atoms with van der Waals surface area (Å²) in [7, 11) is 1.93. The highest BCUT2D eigenvalue weighted by molar-refractivity contribution is 5.97. The summed E-state index contributed by atoms with van der Waals surface area (Å²) in [6.45, 7) is 9.25. The number of amides is 1. The molecule has 1 aliphatic heterocycles. The average molecular weight is 288 g/mol. The van der Waals surface area contributed by atoms with E-state index < -0.39 is 0 Å². The van der Waals surface area contributed by atoms with Gasteiger partial charge in [0.2, 0.25) is 0 Å². The van der Waals surface area contributed by atoms with Crippen molar-refractivity contribution >= 4 is 5.91 Å². The molecule has 0 aliphatic carbocycles. The van der Waals surface area contributed by atoms with Crippen LogP contribution >= 0.6 is 0 Å². The fraction of sp³-hybridized carbons (Fsp3) is 0.611. The maximum Gasteiger partial charge on any atom is 0.254 e. The fourth-order valence-corrected chi connectivity index (χ4v) is 3.36. The molecule has 1 amide bonds. The maximum absolute atomic E-state index is 12.7. The van der Waals surface area contributed by atoms with E-state index in [-0.39, 0.29) is 5.91 Å². The number of nitrogens with one attached hydrogen (secondary N) is 1. The summed E-state index contributed by atoms with van der Waals surface area (Å²) in [4.78, 5) is 14.6. The number of nitrogens with zero attached hydrogens (tertiary/aromatic N) is 1. The molecule has 0 atom stereocenters. The Morgan fingerprint density at radius 3 is 2.33 bits per heavy atom. The lowest BCUT2D eigenvalue weighted by molar-refractivity contribution is 0.0783. The molecular weight excluding hydrogens is 260 g/mol. The quantitative estimate of drug-likeness (QED) is 0.923. The standard InChI is InChI=1S/C18H28N2O/c1-13-11-14(2)17(15(3)12-13)18(21)20(4)10-7-16-5-8-19-9-6-16/h11-12,16,19H,5-10H2,1-4H3. The van der Waals surface area contributed by atoms with Gasteiger partial charge in [-0.15, -0.1) is 0 Å². The Labute approximate surface area is 128 Å². The monoisotopic (exact) mass is 288 g/mol. The van der Waals surface area contributed by atoms with E-state index >= 15 is 0 Å². The van der Waals surface area contributed by atoms with Gasteiger partial charge >= 0.3 is 0 Å². The van der Waals surface area contributed by atoms with Crippen LogP contribution in [0.3, 0.4) is 0 Å². The minimum atomic E-state index is 0.166. The molecule has 1 heterocycles. The van der Waals surface area contributed by atoms with E-state index in [0.717, 1.165) is 48.7 Å². The Kier molecular flexibility index (Phi) is 5.40. The second kappa shape index (κ2) is 7.08. The van der Waals surface area contributed by atoms with Gasteiger partial charge in [0.1, 0.15) is 0 Å². The van der Waals surface area contributed by atoms with Gasteiger partial charge < -0.3 is 10.2 Å². The van der Waals surface area contributed by atoms with Gasteiger partial charge in [0, 0.05) is 19.2 Å².